The van der Waals surface area contributed by atoms with Gasteiger partial charge in [-0.1, -0.05) is 6.07 Å². The third-order valence-electron chi connectivity index (χ3n) is 2.60. The van der Waals surface area contributed by atoms with Gasteiger partial charge in [0.1, 0.15) is 0 Å². The first kappa shape index (κ1) is 15.0. The molecule has 112 valence electrons. The van der Waals surface area contributed by atoms with E-state index in [9.17, 15) is 0 Å². The first-order chi connectivity index (χ1) is 10.2. The largest absolute Gasteiger partial charge is 0.461 e. The van der Waals surface area contributed by atoms with Gasteiger partial charge in [0.25, 0.3) is 0 Å². The lowest BCUT2D eigenvalue weighted by Gasteiger charge is -2.11. The molecule has 0 unspecified atom stereocenters. The van der Waals surface area contributed by atoms with Crippen molar-refractivity contribution in [3.63, 3.8) is 0 Å². The quantitative estimate of drug-likeness (QED) is 0.802. The topological polar surface area (TPSA) is 84.9 Å². The van der Waals surface area contributed by atoms with Crippen LogP contribution in [-0.2, 0) is 6.42 Å². The Bertz CT molecular complexity index is 561. The number of rotatable bonds is 7. The molecule has 0 saturated carbocycles. The summed E-state index contributed by atoms with van der Waals surface area (Å²) in [5, 5.41) is 6.07. The molecule has 2 rings (SSSR count). The highest BCUT2D eigenvalue weighted by Crippen LogP contribution is 2.12. The summed E-state index contributed by atoms with van der Waals surface area (Å²) in [5.41, 5.74) is 1.16. The monoisotopic (exact) mass is 288 g/mol. The summed E-state index contributed by atoms with van der Waals surface area (Å²) in [6.07, 6.45) is 4.47. The molecule has 0 atom stereocenters. The van der Waals surface area contributed by atoms with Gasteiger partial charge in [-0.05, 0) is 31.9 Å². The van der Waals surface area contributed by atoms with E-state index in [0.29, 0.717) is 24.5 Å². The van der Waals surface area contributed by atoms with Crippen molar-refractivity contribution in [3.8, 4) is 6.01 Å². The highest BCUT2D eigenvalue weighted by Gasteiger charge is 2.07. The Labute approximate surface area is 124 Å². The van der Waals surface area contributed by atoms with Crippen molar-refractivity contribution in [2.75, 3.05) is 24.2 Å². The van der Waals surface area contributed by atoms with E-state index in [1.165, 1.54) is 0 Å². The van der Waals surface area contributed by atoms with Crippen molar-refractivity contribution in [1.29, 1.82) is 0 Å². The van der Waals surface area contributed by atoms with Crippen LogP contribution >= 0.6 is 0 Å². The molecule has 21 heavy (non-hydrogen) atoms. The van der Waals surface area contributed by atoms with Gasteiger partial charge in [-0.15, -0.1) is 0 Å². The van der Waals surface area contributed by atoms with Crippen molar-refractivity contribution in [2.24, 2.45) is 0 Å². The Morgan fingerprint density at radius 1 is 1.19 bits per heavy atom. The Hall–Kier alpha value is -2.44. The second-order valence-corrected chi connectivity index (χ2v) is 4.72. The average molecular weight is 288 g/mol. The lowest BCUT2D eigenvalue weighted by molar-refractivity contribution is 0.222. The molecule has 2 aromatic rings. The summed E-state index contributed by atoms with van der Waals surface area (Å²) in [6.45, 7) is 4.57. The van der Waals surface area contributed by atoms with Crippen LogP contribution in [0.25, 0.3) is 0 Å². The number of pyridine rings is 1. The Balaban J connectivity index is 1.98. The van der Waals surface area contributed by atoms with E-state index >= 15 is 0 Å². The minimum absolute atomic E-state index is 0.0142. The van der Waals surface area contributed by atoms with Gasteiger partial charge in [-0.3, -0.25) is 4.98 Å². The maximum Gasteiger partial charge on any atom is 0.323 e. The zero-order valence-electron chi connectivity index (χ0n) is 12.5. The minimum Gasteiger partial charge on any atom is -0.461 e. The van der Waals surface area contributed by atoms with Crippen LogP contribution in [0.2, 0.25) is 0 Å². The van der Waals surface area contributed by atoms with Gasteiger partial charge in [0.05, 0.1) is 6.10 Å². The molecule has 0 bridgehead atoms. The van der Waals surface area contributed by atoms with Crippen molar-refractivity contribution >= 4 is 11.9 Å². The average Bonchev–Trinajstić information content (AvgIpc) is 2.47. The van der Waals surface area contributed by atoms with Crippen LogP contribution in [0.1, 0.15) is 19.4 Å². The summed E-state index contributed by atoms with van der Waals surface area (Å²) in [4.78, 5) is 16.7. The molecule has 7 nitrogen and oxygen atoms in total. The van der Waals surface area contributed by atoms with Gasteiger partial charge in [0, 0.05) is 26.0 Å². The number of aromatic nitrogens is 4. The molecule has 2 aromatic heterocycles. The molecule has 0 spiro atoms. The molecule has 0 saturated heterocycles. The maximum absolute atomic E-state index is 5.51. The molecule has 0 fully saturated rings. The standard InChI is InChI=1S/C14H20N6O/c1-10(2)21-14-19-12(15-3)18-13(20-14)17-8-6-11-5-4-7-16-9-11/h4-5,7,9-10H,6,8H2,1-3H3,(H2,15,17,18,19,20). The van der Waals surface area contributed by atoms with E-state index in [0.717, 1.165) is 12.0 Å². The summed E-state index contributed by atoms with van der Waals surface area (Å²) in [5.74, 6) is 0.971. The fourth-order valence-electron chi connectivity index (χ4n) is 1.68. The Kier molecular flexibility index (Phi) is 5.25. The number of nitrogens with one attached hydrogen (secondary N) is 2. The molecule has 0 aliphatic rings. The van der Waals surface area contributed by atoms with Crippen LogP contribution in [0.5, 0.6) is 6.01 Å². The zero-order chi connectivity index (χ0) is 15.1. The van der Waals surface area contributed by atoms with E-state index in [2.05, 4.69) is 30.6 Å². The predicted molar refractivity (Wildman–Crippen MR) is 81.6 cm³/mol. The van der Waals surface area contributed by atoms with Gasteiger partial charge in [0.2, 0.25) is 11.9 Å². The van der Waals surface area contributed by atoms with Gasteiger partial charge in [-0.2, -0.15) is 15.0 Å². The normalized spacial score (nSPS) is 10.5. The van der Waals surface area contributed by atoms with E-state index < -0.39 is 0 Å². The fraction of sp³-hybridized carbons (Fsp3) is 0.429. The molecule has 0 aliphatic heterocycles. The first-order valence-electron chi connectivity index (χ1n) is 6.90. The molecule has 0 amide bonds. The van der Waals surface area contributed by atoms with Gasteiger partial charge < -0.3 is 15.4 Å². The highest BCUT2D eigenvalue weighted by molar-refractivity contribution is 5.35. The lowest BCUT2D eigenvalue weighted by atomic mass is 10.2. The number of nitrogens with zero attached hydrogens (tertiary/aromatic N) is 4. The highest BCUT2D eigenvalue weighted by atomic mass is 16.5. The van der Waals surface area contributed by atoms with Crippen molar-refractivity contribution in [1.82, 2.24) is 19.9 Å². The molecule has 0 aliphatic carbocycles. The smallest absolute Gasteiger partial charge is 0.323 e. The molecule has 0 aromatic carbocycles. The molecule has 2 N–H and O–H groups in total. The molecular formula is C14H20N6O. The third kappa shape index (κ3) is 4.87. The zero-order valence-corrected chi connectivity index (χ0v) is 12.5. The van der Waals surface area contributed by atoms with Crippen LogP contribution in [-0.4, -0.2) is 39.6 Å². The number of ether oxygens (including phenoxy) is 1. The number of anilines is 2. The van der Waals surface area contributed by atoms with Gasteiger partial charge in [-0.25, -0.2) is 0 Å². The van der Waals surface area contributed by atoms with E-state index in [4.69, 9.17) is 4.74 Å². The van der Waals surface area contributed by atoms with Crippen LogP contribution in [0, 0.1) is 0 Å². The van der Waals surface area contributed by atoms with E-state index in [-0.39, 0.29) is 6.10 Å². The number of hydrogen-bond donors (Lipinski definition) is 2. The van der Waals surface area contributed by atoms with Crippen LogP contribution in [0.4, 0.5) is 11.9 Å². The number of hydrogen-bond acceptors (Lipinski definition) is 7. The predicted octanol–water partition coefficient (Wildman–Crippen LogP) is 1.75. The molecule has 0 radical (unpaired) electrons. The Morgan fingerprint density at radius 2 is 2.00 bits per heavy atom. The summed E-state index contributed by atoms with van der Waals surface area (Å²) in [7, 11) is 1.76. The van der Waals surface area contributed by atoms with E-state index in [1.807, 2.05) is 32.2 Å². The molecule has 7 heteroatoms. The van der Waals surface area contributed by atoms with Crippen LogP contribution in [0.3, 0.4) is 0 Å². The first-order valence-corrected chi connectivity index (χ1v) is 6.90. The lowest BCUT2D eigenvalue weighted by Crippen LogP contribution is -2.14. The maximum atomic E-state index is 5.51. The van der Waals surface area contributed by atoms with Gasteiger partial charge in [0.15, 0.2) is 0 Å². The molecular weight excluding hydrogens is 268 g/mol. The molecule has 2 heterocycles. The van der Waals surface area contributed by atoms with E-state index in [1.54, 1.807) is 13.2 Å². The second-order valence-electron chi connectivity index (χ2n) is 4.72. The van der Waals surface area contributed by atoms with Gasteiger partial charge >= 0.3 is 6.01 Å². The van der Waals surface area contributed by atoms with Crippen molar-refractivity contribution < 1.29 is 4.74 Å². The second kappa shape index (κ2) is 7.37. The van der Waals surface area contributed by atoms with Crippen LogP contribution < -0.4 is 15.4 Å². The minimum atomic E-state index is 0.0142. The van der Waals surface area contributed by atoms with Crippen molar-refractivity contribution in [3.05, 3.63) is 30.1 Å². The van der Waals surface area contributed by atoms with Crippen LogP contribution in [0.15, 0.2) is 24.5 Å². The van der Waals surface area contributed by atoms with Crippen molar-refractivity contribution in [2.45, 2.75) is 26.4 Å². The summed E-state index contributed by atoms with van der Waals surface area (Å²) >= 11 is 0. The Morgan fingerprint density at radius 3 is 2.67 bits per heavy atom. The summed E-state index contributed by atoms with van der Waals surface area (Å²) in [6, 6.07) is 4.27. The third-order valence-corrected chi connectivity index (χ3v) is 2.60. The fourth-order valence-corrected chi connectivity index (χ4v) is 1.68. The SMILES string of the molecule is CNc1nc(NCCc2cccnc2)nc(OC(C)C)n1. The summed E-state index contributed by atoms with van der Waals surface area (Å²) < 4.78 is 5.51.